The molecule has 0 saturated heterocycles. The summed E-state index contributed by atoms with van der Waals surface area (Å²) < 4.78 is 14.9. The summed E-state index contributed by atoms with van der Waals surface area (Å²) in [5.74, 6) is -0.245. The molecule has 1 heterocycles. The summed E-state index contributed by atoms with van der Waals surface area (Å²) in [5.41, 5.74) is 3.87. The number of aryl methyl sites for hydroxylation is 1. The number of pyridine rings is 1. The normalized spacial score (nSPS) is 14.5. The molecule has 0 unspecified atom stereocenters. The van der Waals surface area contributed by atoms with Gasteiger partial charge in [0.05, 0.1) is 0 Å². The van der Waals surface area contributed by atoms with Crippen LogP contribution in [0.1, 0.15) is 31.0 Å². The van der Waals surface area contributed by atoms with Gasteiger partial charge in [-0.1, -0.05) is 15.9 Å². The molecule has 1 aliphatic rings. The fourth-order valence-electron chi connectivity index (χ4n) is 2.83. The molecule has 0 saturated carbocycles. The van der Waals surface area contributed by atoms with E-state index in [4.69, 9.17) is 0 Å². The highest BCUT2D eigenvalue weighted by Gasteiger charge is 2.20. The van der Waals surface area contributed by atoms with E-state index < -0.39 is 0 Å². The molecule has 0 aliphatic heterocycles. The molecule has 0 amide bonds. The third-order valence-electron chi connectivity index (χ3n) is 3.67. The van der Waals surface area contributed by atoms with Crippen LogP contribution in [-0.4, -0.2) is 11.5 Å². The number of nitrogens with zero attached hydrogens (tertiary/aromatic N) is 1. The Morgan fingerprint density at radius 3 is 2.89 bits per heavy atom. The van der Waals surface area contributed by atoms with Crippen LogP contribution in [0, 0.1) is 5.82 Å². The zero-order valence-corrected chi connectivity index (χ0v) is 12.5. The van der Waals surface area contributed by atoms with Crippen molar-refractivity contribution in [2.45, 2.75) is 32.6 Å². The molecule has 0 spiro atoms. The minimum atomic E-state index is -0.245. The summed E-state index contributed by atoms with van der Waals surface area (Å²) >= 11 is 3.53. The molecule has 1 N–H and O–H groups in total. The van der Waals surface area contributed by atoms with Gasteiger partial charge in [0.15, 0.2) is 0 Å². The smallest absolute Gasteiger partial charge is 0.149 e. The minimum Gasteiger partial charge on any atom is -0.384 e. The summed E-state index contributed by atoms with van der Waals surface area (Å²) in [6, 6.07) is 3.24. The Balaban J connectivity index is 2.39. The van der Waals surface area contributed by atoms with Gasteiger partial charge in [0.2, 0.25) is 0 Å². The summed E-state index contributed by atoms with van der Waals surface area (Å²) in [6.45, 7) is 2.89. The van der Waals surface area contributed by atoms with Crippen LogP contribution in [0.25, 0.3) is 10.9 Å². The molecule has 4 heteroatoms. The van der Waals surface area contributed by atoms with E-state index in [0.29, 0.717) is 5.52 Å². The molecule has 0 fully saturated rings. The van der Waals surface area contributed by atoms with Gasteiger partial charge in [-0.05, 0) is 50.3 Å². The Hall–Kier alpha value is -1.16. The second-order valence-corrected chi connectivity index (χ2v) is 5.76. The van der Waals surface area contributed by atoms with E-state index in [1.54, 1.807) is 6.07 Å². The number of rotatable bonds is 2. The van der Waals surface area contributed by atoms with Gasteiger partial charge >= 0.3 is 0 Å². The molecule has 3 rings (SSSR count). The zero-order valence-electron chi connectivity index (χ0n) is 10.9. The lowest BCUT2D eigenvalue weighted by Crippen LogP contribution is -2.12. The first-order valence-corrected chi connectivity index (χ1v) is 7.55. The van der Waals surface area contributed by atoms with Gasteiger partial charge in [0.1, 0.15) is 11.3 Å². The molecule has 1 aliphatic carbocycles. The average Bonchev–Trinajstić information content (AvgIpc) is 2.43. The zero-order chi connectivity index (χ0) is 13.4. The quantitative estimate of drug-likeness (QED) is 0.883. The largest absolute Gasteiger partial charge is 0.384 e. The number of hydrogen-bond acceptors (Lipinski definition) is 2. The number of benzene rings is 1. The van der Waals surface area contributed by atoms with Crippen molar-refractivity contribution in [3.8, 4) is 0 Å². The van der Waals surface area contributed by atoms with Crippen LogP contribution in [0.5, 0.6) is 0 Å². The molecule has 1 aromatic heterocycles. The maximum atomic E-state index is 14.0. The predicted octanol–water partition coefficient (Wildman–Crippen LogP) is 4.45. The fraction of sp³-hybridized carbons (Fsp3) is 0.400. The van der Waals surface area contributed by atoms with Gasteiger partial charge in [-0.15, -0.1) is 0 Å². The number of aromatic nitrogens is 1. The van der Waals surface area contributed by atoms with E-state index in [1.165, 1.54) is 18.1 Å². The Morgan fingerprint density at radius 2 is 2.11 bits per heavy atom. The van der Waals surface area contributed by atoms with E-state index >= 15 is 0 Å². The van der Waals surface area contributed by atoms with Gasteiger partial charge in [-0.25, -0.2) is 9.37 Å². The molecular weight excluding hydrogens is 307 g/mol. The second kappa shape index (κ2) is 5.08. The highest BCUT2D eigenvalue weighted by molar-refractivity contribution is 9.10. The van der Waals surface area contributed by atoms with Crippen molar-refractivity contribution in [3.05, 3.63) is 33.7 Å². The highest BCUT2D eigenvalue weighted by atomic mass is 79.9. The molecule has 2 nitrogen and oxygen atoms in total. The van der Waals surface area contributed by atoms with Gasteiger partial charge in [-0.2, -0.15) is 0 Å². The fourth-order valence-corrected chi connectivity index (χ4v) is 3.35. The molecule has 100 valence electrons. The van der Waals surface area contributed by atoms with E-state index in [0.717, 1.165) is 47.0 Å². The van der Waals surface area contributed by atoms with Crippen molar-refractivity contribution < 1.29 is 4.39 Å². The van der Waals surface area contributed by atoms with Crippen LogP contribution in [0.2, 0.25) is 0 Å². The molecule has 2 aromatic rings. The summed E-state index contributed by atoms with van der Waals surface area (Å²) in [6.07, 6.45) is 4.32. The Kier molecular flexibility index (Phi) is 3.44. The van der Waals surface area contributed by atoms with Crippen LogP contribution in [0.15, 0.2) is 16.6 Å². The lowest BCUT2D eigenvalue weighted by molar-refractivity contribution is 0.632. The standard InChI is InChI=1S/C15H16BrFN2/c1-2-18-14-9-5-3-4-6-12(9)19-15-11(17)8-7-10(16)13(14)15/h7-8H,2-6H2,1H3,(H,18,19). The number of hydrogen-bond donors (Lipinski definition) is 1. The van der Waals surface area contributed by atoms with Crippen molar-refractivity contribution >= 4 is 32.5 Å². The first-order chi connectivity index (χ1) is 9.22. The number of anilines is 1. The van der Waals surface area contributed by atoms with Gasteiger partial charge in [-0.3, -0.25) is 0 Å². The summed E-state index contributed by atoms with van der Waals surface area (Å²) in [4.78, 5) is 4.57. The summed E-state index contributed by atoms with van der Waals surface area (Å²) in [5, 5.41) is 4.29. The summed E-state index contributed by atoms with van der Waals surface area (Å²) in [7, 11) is 0. The molecule has 0 radical (unpaired) electrons. The molecule has 19 heavy (non-hydrogen) atoms. The predicted molar refractivity (Wildman–Crippen MR) is 80.2 cm³/mol. The maximum Gasteiger partial charge on any atom is 0.149 e. The highest BCUT2D eigenvalue weighted by Crippen LogP contribution is 2.37. The topological polar surface area (TPSA) is 24.9 Å². The maximum absolute atomic E-state index is 14.0. The number of fused-ring (bicyclic) bond motifs is 2. The number of halogens is 2. The Labute approximate surface area is 120 Å². The van der Waals surface area contributed by atoms with Crippen LogP contribution < -0.4 is 5.32 Å². The van der Waals surface area contributed by atoms with E-state index in [9.17, 15) is 4.39 Å². The van der Waals surface area contributed by atoms with Crippen molar-refractivity contribution in [1.29, 1.82) is 0 Å². The van der Waals surface area contributed by atoms with E-state index in [1.807, 2.05) is 0 Å². The first-order valence-electron chi connectivity index (χ1n) is 6.75. The molecule has 0 bridgehead atoms. The van der Waals surface area contributed by atoms with Crippen molar-refractivity contribution in [3.63, 3.8) is 0 Å². The molecule has 0 atom stereocenters. The monoisotopic (exact) mass is 322 g/mol. The van der Waals surface area contributed by atoms with Crippen LogP contribution >= 0.6 is 15.9 Å². The SMILES string of the molecule is CCNc1c2c(nc3c(F)ccc(Br)c13)CCCC2. The van der Waals surface area contributed by atoms with Gasteiger partial charge in [0.25, 0.3) is 0 Å². The van der Waals surface area contributed by atoms with E-state index in [-0.39, 0.29) is 5.82 Å². The number of nitrogens with one attached hydrogen (secondary N) is 1. The van der Waals surface area contributed by atoms with Crippen molar-refractivity contribution in [2.75, 3.05) is 11.9 Å². The molecule has 1 aromatic carbocycles. The first kappa shape index (κ1) is 12.9. The Bertz CT molecular complexity index is 640. The van der Waals surface area contributed by atoms with E-state index in [2.05, 4.69) is 33.2 Å². The minimum absolute atomic E-state index is 0.245. The van der Waals surface area contributed by atoms with Crippen molar-refractivity contribution in [2.24, 2.45) is 0 Å². The van der Waals surface area contributed by atoms with Crippen LogP contribution in [0.4, 0.5) is 10.1 Å². The van der Waals surface area contributed by atoms with Crippen molar-refractivity contribution in [1.82, 2.24) is 4.98 Å². The third-order valence-corrected chi connectivity index (χ3v) is 4.33. The van der Waals surface area contributed by atoms with Gasteiger partial charge in [0, 0.05) is 27.8 Å². The lowest BCUT2D eigenvalue weighted by atomic mass is 9.92. The Morgan fingerprint density at radius 1 is 1.32 bits per heavy atom. The van der Waals surface area contributed by atoms with Crippen LogP contribution in [-0.2, 0) is 12.8 Å². The second-order valence-electron chi connectivity index (χ2n) is 4.90. The van der Waals surface area contributed by atoms with Gasteiger partial charge < -0.3 is 5.32 Å². The third kappa shape index (κ3) is 2.12. The average molecular weight is 323 g/mol. The van der Waals surface area contributed by atoms with Crippen LogP contribution in [0.3, 0.4) is 0 Å². The molecular formula is C15H16BrFN2. The lowest BCUT2D eigenvalue weighted by Gasteiger charge is -2.22.